The summed E-state index contributed by atoms with van der Waals surface area (Å²) >= 11 is 6.53. The summed E-state index contributed by atoms with van der Waals surface area (Å²) in [5.41, 5.74) is 2.79. The number of carbonyl (C=O) groups is 2. The molecule has 1 aromatic carbocycles. The number of nitrogens with one attached hydrogen (secondary N) is 1. The van der Waals surface area contributed by atoms with E-state index in [0.29, 0.717) is 22.8 Å². The zero-order valence-corrected chi connectivity index (χ0v) is 17.9. The molecule has 3 rings (SSSR count). The van der Waals surface area contributed by atoms with Gasteiger partial charge in [0.05, 0.1) is 12.2 Å². The molecule has 0 amide bonds. The zero-order valence-electron chi connectivity index (χ0n) is 17.2. The van der Waals surface area contributed by atoms with Crippen LogP contribution in [0.15, 0.2) is 41.7 Å². The van der Waals surface area contributed by atoms with E-state index < -0.39 is 5.92 Å². The molecular weight excluding hydrogens is 390 g/mol. The monoisotopic (exact) mass is 415 g/mol. The van der Waals surface area contributed by atoms with Crippen molar-refractivity contribution in [3.05, 3.63) is 57.9 Å². The average molecular weight is 416 g/mol. The van der Waals surface area contributed by atoms with Crippen LogP contribution < -0.4 is 5.32 Å². The molecule has 0 radical (unpaired) electrons. The number of benzene rings is 1. The molecule has 29 heavy (non-hydrogen) atoms. The van der Waals surface area contributed by atoms with Crippen LogP contribution in [0.2, 0.25) is 5.02 Å². The number of fused-ring (bicyclic) bond motifs is 1. The summed E-state index contributed by atoms with van der Waals surface area (Å²) in [4.78, 5) is 25.5. The smallest absolute Gasteiger partial charge is 0.336 e. The van der Waals surface area contributed by atoms with Gasteiger partial charge in [-0.15, -0.1) is 5.10 Å². The third-order valence-corrected chi connectivity index (χ3v) is 5.21. The Balaban J connectivity index is 2.23. The first-order chi connectivity index (χ1) is 13.9. The summed E-state index contributed by atoms with van der Waals surface area (Å²) in [7, 11) is 0. The number of halogens is 1. The molecule has 0 saturated carbocycles. The molecule has 1 aliphatic heterocycles. The Labute approximate surface area is 175 Å². The first-order valence-electron chi connectivity index (χ1n) is 9.94. The first kappa shape index (κ1) is 21.1. The quantitative estimate of drug-likeness (QED) is 0.671. The minimum absolute atomic E-state index is 0.117. The number of hydrogen-bond donors (Lipinski definition) is 1. The lowest BCUT2D eigenvalue weighted by molar-refractivity contribution is -0.138. The summed E-state index contributed by atoms with van der Waals surface area (Å²) in [6.07, 6.45) is 3.18. The third kappa shape index (κ3) is 4.08. The molecule has 0 fully saturated rings. The van der Waals surface area contributed by atoms with Crippen LogP contribution in [0.5, 0.6) is 0 Å². The molecule has 1 N–H and O–H groups in total. The van der Waals surface area contributed by atoms with E-state index in [1.165, 1.54) is 4.68 Å². The van der Waals surface area contributed by atoms with Gasteiger partial charge in [-0.1, -0.05) is 57.0 Å². The molecule has 0 bridgehead atoms. The number of rotatable bonds is 6. The van der Waals surface area contributed by atoms with Crippen LogP contribution in [0, 0.1) is 5.92 Å². The lowest BCUT2D eigenvalue weighted by Crippen LogP contribution is -2.25. The van der Waals surface area contributed by atoms with Crippen LogP contribution in [0.25, 0.3) is 0 Å². The van der Waals surface area contributed by atoms with Crippen molar-refractivity contribution in [3.63, 3.8) is 0 Å². The van der Waals surface area contributed by atoms with E-state index in [1.54, 1.807) is 19.2 Å². The van der Waals surface area contributed by atoms with Crippen molar-refractivity contribution in [1.29, 1.82) is 0 Å². The van der Waals surface area contributed by atoms with Crippen molar-refractivity contribution in [2.24, 2.45) is 5.92 Å². The van der Waals surface area contributed by atoms with E-state index in [2.05, 4.69) is 10.4 Å². The van der Waals surface area contributed by atoms with Crippen molar-refractivity contribution in [3.8, 4) is 0 Å². The molecule has 2 aromatic rings. The average Bonchev–Trinajstić information content (AvgIpc) is 3.11. The molecule has 7 heteroatoms. The summed E-state index contributed by atoms with van der Waals surface area (Å²) in [5, 5.41) is 8.30. The number of ether oxygens (including phenoxy) is 1. The molecule has 1 atom stereocenters. The topological polar surface area (TPSA) is 73.2 Å². The summed E-state index contributed by atoms with van der Waals surface area (Å²) < 4.78 is 6.73. The highest BCUT2D eigenvalue weighted by atomic mass is 35.5. The van der Waals surface area contributed by atoms with Gasteiger partial charge < -0.3 is 10.1 Å². The van der Waals surface area contributed by atoms with Gasteiger partial charge in [0.15, 0.2) is 5.82 Å². The Bertz CT molecular complexity index is 962. The van der Waals surface area contributed by atoms with Gasteiger partial charge in [0, 0.05) is 34.3 Å². The van der Waals surface area contributed by atoms with Gasteiger partial charge in [-0.2, -0.15) is 0 Å². The van der Waals surface area contributed by atoms with Crippen LogP contribution >= 0.6 is 11.6 Å². The van der Waals surface area contributed by atoms with E-state index in [1.807, 2.05) is 39.0 Å². The molecule has 1 aromatic heterocycles. The fourth-order valence-corrected chi connectivity index (χ4v) is 3.79. The number of allylic oxidation sites excluding steroid dienone is 1. The standard InChI is InChI=1S/C22H26ClN3O3/c1-5-9-17-19(22(28)29-6-2)18(14-10-7-8-11-16(14)23)15-12-26(21(27)13(3)4)25-20(15)24-17/h7-8,10-13,18H,5-6,9H2,1-4H3,(H,24,25). The Morgan fingerprint density at radius 1 is 1.24 bits per heavy atom. The second kappa shape index (κ2) is 8.82. The molecule has 0 aliphatic carbocycles. The Morgan fingerprint density at radius 2 is 1.97 bits per heavy atom. The Morgan fingerprint density at radius 3 is 2.59 bits per heavy atom. The van der Waals surface area contributed by atoms with E-state index >= 15 is 0 Å². The van der Waals surface area contributed by atoms with E-state index in [0.717, 1.165) is 23.2 Å². The van der Waals surface area contributed by atoms with Crippen LogP contribution in [-0.4, -0.2) is 28.3 Å². The van der Waals surface area contributed by atoms with E-state index in [9.17, 15) is 9.59 Å². The van der Waals surface area contributed by atoms with Crippen LogP contribution in [0.4, 0.5) is 5.82 Å². The first-order valence-corrected chi connectivity index (χ1v) is 10.3. The van der Waals surface area contributed by atoms with Gasteiger partial charge in [-0.3, -0.25) is 4.79 Å². The predicted molar refractivity (Wildman–Crippen MR) is 113 cm³/mol. The Kier molecular flexibility index (Phi) is 6.42. The number of anilines is 1. The third-order valence-electron chi connectivity index (χ3n) is 4.87. The fraction of sp³-hybridized carbons (Fsp3) is 0.409. The maximum atomic E-state index is 13.0. The maximum absolute atomic E-state index is 13.0. The predicted octanol–water partition coefficient (Wildman–Crippen LogP) is 5.01. The second-order valence-corrected chi connectivity index (χ2v) is 7.72. The summed E-state index contributed by atoms with van der Waals surface area (Å²) in [6.45, 7) is 7.75. The van der Waals surface area contributed by atoms with Gasteiger partial charge in [0.25, 0.3) is 0 Å². The largest absolute Gasteiger partial charge is 0.463 e. The number of carbonyl (C=O) groups excluding carboxylic acids is 2. The highest BCUT2D eigenvalue weighted by molar-refractivity contribution is 6.31. The lowest BCUT2D eigenvalue weighted by Gasteiger charge is -2.28. The van der Waals surface area contributed by atoms with Crippen LogP contribution in [-0.2, 0) is 9.53 Å². The van der Waals surface area contributed by atoms with Crippen molar-refractivity contribution < 1.29 is 14.3 Å². The molecule has 0 spiro atoms. The number of esters is 1. The lowest BCUT2D eigenvalue weighted by atomic mass is 9.82. The highest BCUT2D eigenvalue weighted by Crippen LogP contribution is 2.44. The van der Waals surface area contributed by atoms with Crippen molar-refractivity contribution in [2.75, 3.05) is 11.9 Å². The van der Waals surface area contributed by atoms with Gasteiger partial charge in [0.2, 0.25) is 5.91 Å². The molecule has 0 saturated heterocycles. The second-order valence-electron chi connectivity index (χ2n) is 7.31. The number of nitrogens with zero attached hydrogens (tertiary/aromatic N) is 2. The maximum Gasteiger partial charge on any atom is 0.336 e. The van der Waals surface area contributed by atoms with Gasteiger partial charge in [-0.25, -0.2) is 9.48 Å². The zero-order chi connectivity index (χ0) is 21.1. The molecule has 6 nitrogen and oxygen atoms in total. The van der Waals surface area contributed by atoms with E-state index in [4.69, 9.17) is 16.3 Å². The summed E-state index contributed by atoms with van der Waals surface area (Å²) in [6, 6.07) is 7.42. The number of aromatic nitrogens is 2. The van der Waals surface area contributed by atoms with Gasteiger partial charge in [0.1, 0.15) is 0 Å². The van der Waals surface area contributed by atoms with Gasteiger partial charge >= 0.3 is 5.97 Å². The van der Waals surface area contributed by atoms with Gasteiger partial charge in [-0.05, 0) is 25.0 Å². The van der Waals surface area contributed by atoms with Crippen molar-refractivity contribution >= 4 is 29.3 Å². The van der Waals surface area contributed by atoms with Crippen molar-refractivity contribution in [2.45, 2.75) is 46.5 Å². The molecule has 154 valence electrons. The van der Waals surface area contributed by atoms with Crippen LogP contribution in [0.3, 0.4) is 0 Å². The molecular formula is C22H26ClN3O3. The normalized spacial score (nSPS) is 15.9. The number of hydrogen-bond acceptors (Lipinski definition) is 5. The fourth-order valence-electron chi connectivity index (χ4n) is 3.54. The SMILES string of the molecule is CCCC1=C(C(=O)OCC)C(c2ccccc2Cl)c2cn(C(=O)C(C)C)nc2N1. The van der Waals surface area contributed by atoms with Crippen molar-refractivity contribution in [1.82, 2.24) is 9.78 Å². The minimum Gasteiger partial charge on any atom is -0.463 e. The van der Waals surface area contributed by atoms with E-state index in [-0.39, 0.29) is 24.4 Å². The Hall–Kier alpha value is -2.60. The molecule has 1 unspecified atom stereocenters. The summed E-state index contributed by atoms with van der Waals surface area (Å²) in [5.74, 6) is -0.604. The molecule has 2 heterocycles. The minimum atomic E-state index is -0.464. The molecule has 1 aliphatic rings. The van der Waals surface area contributed by atoms with Crippen LogP contribution in [0.1, 0.15) is 62.4 Å². The highest BCUT2D eigenvalue weighted by Gasteiger charge is 2.37.